The number of hydrogen-bond donors (Lipinski definition) is 0. The SMILES string of the molecule is CCOC(=O)CC1CCC(c2cc(-c3ccc(F)cc3C)c(N(C)C(=O)C(C)(C)c3cc(C(F)(F)F)cc(C(F)(F)F)c3)c(Cl)n2)CC1. The van der Waals surface area contributed by atoms with Crippen molar-refractivity contribution in [2.45, 2.75) is 83.5 Å². The number of ether oxygens (including phenoxy) is 1. The van der Waals surface area contributed by atoms with Gasteiger partial charge in [-0.1, -0.05) is 17.7 Å². The Hall–Kier alpha value is -3.67. The van der Waals surface area contributed by atoms with Crippen LogP contribution < -0.4 is 4.90 Å². The van der Waals surface area contributed by atoms with Gasteiger partial charge in [-0.2, -0.15) is 26.3 Å². The molecule has 0 spiro atoms. The number of aryl methyl sites for hydroxylation is 1. The summed E-state index contributed by atoms with van der Waals surface area (Å²) in [6.07, 6.45) is -7.05. The van der Waals surface area contributed by atoms with Crippen LogP contribution in [0.15, 0.2) is 42.5 Å². The lowest BCUT2D eigenvalue weighted by atomic mass is 9.78. The van der Waals surface area contributed by atoms with Crippen LogP contribution in [0.2, 0.25) is 5.15 Å². The van der Waals surface area contributed by atoms with E-state index in [1.54, 1.807) is 19.9 Å². The molecule has 1 aliphatic rings. The summed E-state index contributed by atoms with van der Waals surface area (Å²) in [7, 11) is 1.31. The van der Waals surface area contributed by atoms with Gasteiger partial charge in [0.15, 0.2) is 5.15 Å². The number of alkyl halides is 6. The second-order valence-electron chi connectivity index (χ2n) is 12.7. The Morgan fingerprint density at radius 3 is 1.98 bits per heavy atom. The third kappa shape index (κ3) is 8.13. The Labute approximate surface area is 279 Å². The van der Waals surface area contributed by atoms with Gasteiger partial charge in [0.1, 0.15) is 5.82 Å². The summed E-state index contributed by atoms with van der Waals surface area (Å²) in [4.78, 5) is 31.8. The maximum Gasteiger partial charge on any atom is 0.416 e. The third-order valence-electron chi connectivity index (χ3n) is 8.96. The average molecular weight is 701 g/mol. The largest absolute Gasteiger partial charge is 0.466 e. The van der Waals surface area contributed by atoms with Gasteiger partial charge in [-0.15, -0.1) is 0 Å². The van der Waals surface area contributed by atoms with Crippen molar-refractivity contribution < 1.29 is 45.1 Å². The predicted octanol–water partition coefficient (Wildman–Crippen LogP) is 10.1. The summed E-state index contributed by atoms with van der Waals surface area (Å²) in [5.41, 5.74) is -3.43. The summed E-state index contributed by atoms with van der Waals surface area (Å²) in [6, 6.07) is 6.84. The summed E-state index contributed by atoms with van der Waals surface area (Å²) in [5, 5.41) is -0.119. The van der Waals surface area contributed by atoms with Crippen LogP contribution in [0.1, 0.15) is 86.7 Å². The molecule has 1 saturated carbocycles. The highest BCUT2D eigenvalue weighted by Gasteiger charge is 2.42. The van der Waals surface area contributed by atoms with Gasteiger partial charge < -0.3 is 9.64 Å². The quantitative estimate of drug-likeness (QED) is 0.133. The molecule has 0 saturated heterocycles. The molecule has 4 rings (SSSR count). The molecule has 260 valence electrons. The molecule has 3 aromatic rings. The molecule has 13 heteroatoms. The molecule has 2 aromatic carbocycles. The molecule has 0 atom stereocenters. The molecule has 48 heavy (non-hydrogen) atoms. The number of benzene rings is 2. The molecule has 0 unspecified atom stereocenters. The summed E-state index contributed by atoms with van der Waals surface area (Å²) < 4.78 is 101. The number of anilines is 1. The lowest BCUT2D eigenvalue weighted by molar-refractivity contribution is -0.145. The van der Waals surface area contributed by atoms with E-state index >= 15 is 0 Å². The minimum Gasteiger partial charge on any atom is -0.466 e. The van der Waals surface area contributed by atoms with Crippen molar-refractivity contribution in [3.05, 3.63) is 81.4 Å². The Balaban J connectivity index is 1.77. The maximum atomic E-state index is 14.2. The number of rotatable bonds is 8. The second-order valence-corrected chi connectivity index (χ2v) is 13.1. The summed E-state index contributed by atoms with van der Waals surface area (Å²) in [6.45, 7) is 6.17. The van der Waals surface area contributed by atoms with Gasteiger partial charge in [0.2, 0.25) is 5.91 Å². The highest BCUT2D eigenvalue weighted by atomic mass is 35.5. The van der Waals surface area contributed by atoms with Gasteiger partial charge in [-0.05, 0) is 112 Å². The fraction of sp³-hybridized carbons (Fsp3) is 0.457. The van der Waals surface area contributed by atoms with E-state index in [0.717, 1.165) is 17.7 Å². The molecule has 1 heterocycles. The van der Waals surface area contributed by atoms with Crippen LogP contribution in [0.3, 0.4) is 0 Å². The number of nitrogens with zero attached hydrogens (tertiary/aromatic N) is 2. The minimum atomic E-state index is -5.10. The fourth-order valence-electron chi connectivity index (χ4n) is 6.27. The standard InChI is InChI=1S/C35H36ClF7N2O3/c1-6-48-29(46)14-20-7-9-21(10-8-20)28-18-27(26-12-11-25(37)13-19(26)2)30(31(36)44-28)45(5)32(47)33(3,4)22-15-23(34(38,39)40)17-24(16-22)35(41,42)43/h11-13,15-18,20-21H,6-10,14H2,1-5H3. The van der Waals surface area contributed by atoms with Crippen LogP contribution in [-0.2, 0) is 32.1 Å². The smallest absolute Gasteiger partial charge is 0.416 e. The highest BCUT2D eigenvalue weighted by Crippen LogP contribution is 2.45. The van der Waals surface area contributed by atoms with E-state index in [9.17, 15) is 40.3 Å². The zero-order valence-electron chi connectivity index (χ0n) is 27.1. The lowest BCUT2D eigenvalue weighted by Gasteiger charge is -2.33. The molecule has 5 nitrogen and oxygen atoms in total. The van der Waals surface area contributed by atoms with E-state index in [-0.39, 0.29) is 34.7 Å². The molecule has 1 aromatic heterocycles. The molecule has 0 N–H and O–H groups in total. The van der Waals surface area contributed by atoms with Crippen LogP contribution in [-0.4, -0.2) is 30.5 Å². The Morgan fingerprint density at radius 2 is 1.46 bits per heavy atom. The number of aromatic nitrogens is 1. The number of pyridine rings is 1. The van der Waals surface area contributed by atoms with Crippen LogP contribution in [0.4, 0.5) is 36.4 Å². The molecule has 0 aliphatic heterocycles. The highest BCUT2D eigenvalue weighted by molar-refractivity contribution is 6.33. The number of halogens is 8. The monoisotopic (exact) mass is 700 g/mol. The van der Waals surface area contributed by atoms with Gasteiger partial charge in [-0.25, -0.2) is 9.37 Å². The minimum absolute atomic E-state index is 0.00696. The third-order valence-corrected chi connectivity index (χ3v) is 9.22. The zero-order valence-corrected chi connectivity index (χ0v) is 27.8. The number of carbonyl (C=O) groups is 2. The summed E-state index contributed by atoms with van der Waals surface area (Å²) >= 11 is 6.79. The van der Waals surface area contributed by atoms with Gasteiger partial charge >= 0.3 is 18.3 Å². The van der Waals surface area contributed by atoms with Crippen LogP contribution in [0.5, 0.6) is 0 Å². The van der Waals surface area contributed by atoms with Crippen molar-refractivity contribution in [1.29, 1.82) is 0 Å². The van der Waals surface area contributed by atoms with E-state index in [1.807, 2.05) is 0 Å². The first-order chi connectivity index (χ1) is 22.2. The maximum absolute atomic E-state index is 14.2. The van der Waals surface area contributed by atoms with Gasteiger partial charge in [-0.3, -0.25) is 9.59 Å². The van der Waals surface area contributed by atoms with E-state index in [2.05, 4.69) is 4.98 Å². The molecule has 1 amide bonds. The summed E-state index contributed by atoms with van der Waals surface area (Å²) in [5.74, 6) is -1.53. The average Bonchev–Trinajstić information content (AvgIpc) is 2.99. The molecular formula is C35H36ClF7N2O3. The van der Waals surface area contributed by atoms with Crippen molar-refractivity contribution in [1.82, 2.24) is 4.98 Å². The molecule has 1 fully saturated rings. The number of likely N-dealkylation sites (N-methyl/N-ethyl adjacent to an activating group) is 1. The molecule has 0 radical (unpaired) electrons. The first-order valence-electron chi connectivity index (χ1n) is 15.4. The number of hydrogen-bond acceptors (Lipinski definition) is 4. The lowest BCUT2D eigenvalue weighted by Crippen LogP contribution is -2.42. The van der Waals surface area contributed by atoms with Crippen molar-refractivity contribution in [2.24, 2.45) is 5.92 Å². The number of carbonyl (C=O) groups excluding carboxylic acids is 2. The van der Waals surface area contributed by atoms with Crippen molar-refractivity contribution >= 4 is 29.2 Å². The number of amides is 1. The van der Waals surface area contributed by atoms with Crippen LogP contribution >= 0.6 is 11.6 Å². The Morgan fingerprint density at radius 1 is 0.896 bits per heavy atom. The van der Waals surface area contributed by atoms with E-state index in [4.69, 9.17) is 16.3 Å². The van der Waals surface area contributed by atoms with Crippen LogP contribution in [0.25, 0.3) is 11.1 Å². The fourth-order valence-corrected chi connectivity index (χ4v) is 6.59. The van der Waals surface area contributed by atoms with Crippen molar-refractivity contribution in [2.75, 3.05) is 18.6 Å². The Kier molecular flexibility index (Phi) is 10.9. The topological polar surface area (TPSA) is 59.5 Å². The van der Waals surface area contributed by atoms with Gasteiger partial charge in [0.25, 0.3) is 0 Å². The normalized spacial score (nSPS) is 17.3. The van der Waals surface area contributed by atoms with Gasteiger partial charge in [0.05, 0.1) is 28.8 Å². The zero-order chi connectivity index (χ0) is 35.8. The van der Waals surface area contributed by atoms with E-state index in [0.29, 0.717) is 60.4 Å². The van der Waals surface area contributed by atoms with Crippen LogP contribution in [0, 0.1) is 18.7 Å². The molecule has 0 bridgehead atoms. The van der Waals surface area contributed by atoms with Gasteiger partial charge in [0, 0.05) is 30.6 Å². The van der Waals surface area contributed by atoms with E-state index in [1.165, 1.54) is 39.1 Å². The predicted molar refractivity (Wildman–Crippen MR) is 168 cm³/mol. The first kappa shape index (κ1) is 37.2. The molecule has 1 aliphatic carbocycles. The van der Waals surface area contributed by atoms with Crippen molar-refractivity contribution in [3.63, 3.8) is 0 Å². The van der Waals surface area contributed by atoms with Crippen molar-refractivity contribution in [3.8, 4) is 11.1 Å². The van der Waals surface area contributed by atoms with E-state index < -0.39 is 46.2 Å². The second kappa shape index (κ2) is 14.1. The Bertz CT molecular complexity index is 1650. The molecular weight excluding hydrogens is 665 g/mol. The number of esters is 1. The first-order valence-corrected chi connectivity index (χ1v) is 15.8.